The maximum absolute atomic E-state index is 3.61. The molecule has 0 aliphatic carbocycles. The molecule has 1 saturated heterocycles. The summed E-state index contributed by atoms with van der Waals surface area (Å²) in [6, 6.07) is 0.774. The Labute approximate surface area is 108 Å². The summed E-state index contributed by atoms with van der Waals surface area (Å²) >= 11 is 0. The van der Waals surface area contributed by atoms with Crippen LogP contribution in [0.3, 0.4) is 0 Å². The first-order valence-corrected chi connectivity index (χ1v) is 7.27. The summed E-state index contributed by atoms with van der Waals surface area (Å²) in [5.74, 6) is 1.66. The van der Waals surface area contributed by atoms with Gasteiger partial charge in [0.2, 0.25) is 0 Å². The van der Waals surface area contributed by atoms with Gasteiger partial charge in [0, 0.05) is 18.1 Å². The first-order chi connectivity index (χ1) is 7.78. The molecule has 0 saturated carbocycles. The molecule has 0 aromatic rings. The second-order valence-corrected chi connectivity index (χ2v) is 7.21. The number of piperidine rings is 1. The molecule has 1 rings (SSSR count). The van der Waals surface area contributed by atoms with Crippen molar-refractivity contribution in [2.45, 2.75) is 66.0 Å². The van der Waals surface area contributed by atoms with Gasteiger partial charge in [0.15, 0.2) is 0 Å². The van der Waals surface area contributed by atoms with Crippen LogP contribution in [0.2, 0.25) is 0 Å². The lowest BCUT2D eigenvalue weighted by Gasteiger charge is -2.38. The maximum Gasteiger partial charge on any atom is 0.00966 e. The van der Waals surface area contributed by atoms with Crippen molar-refractivity contribution in [1.29, 1.82) is 0 Å². The predicted octanol–water partition coefficient (Wildman–Crippen LogP) is 3.13. The van der Waals surface area contributed by atoms with Crippen molar-refractivity contribution >= 4 is 0 Å². The van der Waals surface area contributed by atoms with Crippen LogP contribution in [0.5, 0.6) is 0 Å². The van der Waals surface area contributed by atoms with Crippen LogP contribution in [-0.2, 0) is 0 Å². The van der Waals surface area contributed by atoms with Crippen LogP contribution in [0, 0.1) is 11.8 Å². The van der Waals surface area contributed by atoms with Gasteiger partial charge in [0.25, 0.3) is 0 Å². The number of nitrogens with one attached hydrogen (secondary N) is 1. The molecular formula is C15H32N2. The van der Waals surface area contributed by atoms with Crippen LogP contribution in [0.1, 0.15) is 54.4 Å². The van der Waals surface area contributed by atoms with Crippen LogP contribution >= 0.6 is 0 Å². The average molecular weight is 240 g/mol. The van der Waals surface area contributed by atoms with E-state index >= 15 is 0 Å². The van der Waals surface area contributed by atoms with E-state index in [2.05, 4.69) is 51.8 Å². The van der Waals surface area contributed by atoms with E-state index in [0.717, 1.165) is 24.4 Å². The van der Waals surface area contributed by atoms with Gasteiger partial charge in [-0.2, -0.15) is 0 Å². The molecule has 1 fully saturated rings. The van der Waals surface area contributed by atoms with E-state index in [-0.39, 0.29) is 5.54 Å². The van der Waals surface area contributed by atoms with E-state index in [0.29, 0.717) is 0 Å². The number of nitrogens with zero attached hydrogens (tertiary/aromatic N) is 1. The van der Waals surface area contributed by atoms with Gasteiger partial charge in [-0.25, -0.2) is 0 Å². The Bertz CT molecular complexity index is 219. The van der Waals surface area contributed by atoms with Crippen molar-refractivity contribution in [3.05, 3.63) is 0 Å². The fourth-order valence-electron chi connectivity index (χ4n) is 2.67. The van der Waals surface area contributed by atoms with Crippen molar-refractivity contribution in [1.82, 2.24) is 10.2 Å². The average Bonchev–Trinajstić information content (AvgIpc) is 2.18. The summed E-state index contributed by atoms with van der Waals surface area (Å²) in [5, 5.41) is 3.61. The number of likely N-dealkylation sites (tertiary alicyclic amines) is 1. The van der Waals surface area contributed by atoms with E-state index in [9.17, 15) is 0 Å². The predicted molar refractivity (Wildman–Crippen MR) is 76.4 cm³/mol. The summed E-state index contributed by atoms with van der Waals surface area (Å²) in [6.45, 7) is 17.5. The van der Waals surface area contributed by atoms with Crippen LogP contribution < -0.4 is 5.32 Å². The molecule has 0 bridgehead atoms. The highest BCUT2D eigenvalue weighted by molar-refractivity contribution is 4.79. The smallest absolute Gasteiger partial charge is 0.00966 e. The van der Waals surface area contributed by atoms with E-state index < -0.39 is 0 Å². The summed E-state index contributed by atoms with van der Waals surface area (Å²) in [6.07, 6.45) is 2.75. The molecule has 102 valence electrons. The van der Waals surface area contributed by atoms with Gasteiger partial charge >= 0.3 is 0 Å². The largest absolute Gasteiger partial charge is 0.312 e. The summed E-state index contributed by atoms with van der Waals surface area (Å²) < 4.78 is 0. The van der Waals surface area contributed by atoms with Gasteiger partial charge in [-0.1, -0.05) is 13.8 Å². The summed E-state index contributed by atoms with van der Waals surface area (Å²) in [7, 11) is 0. The Morgan fingerprint density at radius 3 is 2.47 bits per heavy atom. The van der Waals surface area contributed by atoms with Crippen LogP contribution in [0.4, 0.5) is 0 Å². The van der Waals surface area contributed by atoms with Crippen molar-refractivity contribution in [2.24, 2.45) is 11.8 Å². The van der Waals surface area contributed by atoms with Crippen LogP contribution in [0.25, 0.3) is 0 Å². The van der Waals surface area contributed by atoms with Gasteiger partial charge in [-0.15, -0.1) is 0 Å². The zero-order valence-electron chi connectivity index (χ0n) is 12.7. The molecule has 17 heavy (non-hydrogen) atoms. The van der Waals surface area contributed by atoms with Crippen molar-refractivity contribution in [3.8, 4) is 0 Å². The summed E-state index contributed by atoms with van der Waals surface area (Å²) in [5.41, 5.74) is 0.246. The number of hydrogen-bond donors (Lipinski definition) is 1. The molecule has 1 N–H and O–H groups in total. The van der Waals surface area contributed by atoms with Gasteiger partial charge < -0.3 is 10.2 Å². The highest BCUT2D eigenvalue weighted by Gasteiger charge is 2.24. The molecule has 0 spiro atoms. The van der Waals surface area contributed by atoms with E-state index in [1.165, 1.54) is 25.9 Å². The minimum Gasteiger partial charge on any atom is -0.312 e. The normalized spacial score (nSPS) is 29.3. The van der Waals surface area contributed by atoms with E-state index in [1.54, 1.807) is 0 Å². The van der Waals surface area contributed by atoms with Crippen molar-refractivity contribution in [3.63, 3.8) is 0 Å². The molecule has 2 nitrogen and oxygen atoms in total. The Balaban J connectivity index is 2.28. The molecule has 3 atom stereocenters. The third kappa shape index (κ3) is 5.87. The Kier molecular flexibility index (Phi) is 5.46. The highest BCUT2D eigenvalue weighted by atomic mass is 15.2. The third-order valence-corrected chi connectivity index (χ3v) is 3.80. The second kappa shape index (κ2) is 6.19. The van der Waals surface area contributed by atoms with Crippen LogP contribution in [-0.4, -0.2) is 36.1 Å². The van der Waals surface area contributed by atoms with Crippen LogP contribution in [0.15, 0.2) is 0 Å². The molecule has 0 amide bonds. The molecule has 1 aliphatic rings. The molecule has 0 radical (unpaired) electrons. The Hall–Kier alpha value is -0.0800. The molecule has 3 unspecified atom stereocenters. The standard InChI is InChI=1S/C15H32N2/c1-12-7-8-17(14(3)9-12)11-13(2)10-16-15(4,5)6/h12-14,16H,7-11H2,1-6H3. The molecule has 0 aromatic carbocycles. The molecular weight excluding hydrogens is 208 g/mol. The lowest BCUT2D eigenvalue weighted by molar-refractivity contribution is 0.111. The first kappa shape index (κ1) is 15.0. The lowest BCUT2D eigenvalue weighted by Crippen LogP contribution is -2.45. The Morgan fingerprint density at radius 2 is 1.94 bits per heavy atom. The fourth-order valence-corrected chi connectivity index (χ4v) is 2.67. The molecule has 0 aromatic heterocycles. The first-order valence-electron chi connectivity index (χ1n) is 7.27. The zero-order valence-corrected chi connectivity index (χ0v) is 12.7. The van der Waals surface area contributed by atoms with E-state index in [4.69, 9.17) is 0 Å². The number of rotatable bonds is 4. The van der Waals surface area contributed by atoms with Gasteiger partial charge in [0.1, 0.15) is 0 Å². The van der Waals surface area contributed by atoms with Gasteiger partial charge in [-0.05, 0) is 65.5 Å². The molecule has 2 heteroatoms. The highest BCUT2D eigenvalue weighted by Crippen LogP contribution is 2.22. The topological polar surface area (TPSA) is 15.3 Å². The third-order valence-electron chi connectivity index (χ3n) is 3.80. The number of hydrogen-bond acceptors (Lipinski definition) is 2. The van der Waals surface area contributed by atoms with E-state index in [1.807, 2.05) is 0 Å². The minimum atomic E-state index is 0.246. The Morgan fingerprint density at radius 1 is 1.29 bits per heavy atom. The zero-order chi connectivity index (χ0) is 13.1. The van der Waals surface area contributed by atoms with Crippen molar-refractivity contribution in [2.75, 3.05) is 19.6 Å². The fraction of sp³-hybridized carbons (Fsp3) is 1.00. The SMILES string of the molecule is CC1CCN(CC(C)CNC(C)(C)C)C(C)C1. The maximum atomic E-state index is 3.61. The van der Waals surface area contributed by atoms with Crippen molar-refractivity contribution < 1.29 is 0 Å². The quantitative estimate of drug-likeness (QED) is 0.812. The lowest BCUT2D eigenvalue weighted by atomic mass is 9.92. The van der Waals surface area contributed by atoms with Gasteiger partial charge in [0.05, 0.1) is 0 Å². The molecule has 1 heterocycles. The second-order valence-electron chi connectivity index (χ2n) is 7.21. The van der Waals surface area contributed by atoms with Gasteiger partial charge in [-0.3, -0.25) is 0 Å². The monoisotopic (exact) mass is 240 g/mol. The molecule has 1 aliphatic heterocycles. The summed E-state index contributed by atoms with van der Waals surface area (Å²) in [4.78, 5) is 2.68. The minimum absolute atomic E-state index is 0.246.